The molecule has 1 aliphatic rings. The van der Waals surface area contributed by atoms with Gasteiger partial charge in [0, 0.05) is 26.1 Å². The summed E-state index contributed by atoms with van der Waals surface area (Å²) in [6, 6.07) is 0. The zero-order valence-corrected chi connectivity index (χ0v) is 20.3. The Hall–Kier alpha value is -2.70. The molecule has 2 N–H and O–H groups in total. The van der Waals surface area contributed by atoms with E-state index >= 15 is 0 Å². The average Bonchev–Trinajstić information content (AvgIpc) is 3.18. The standard InChI is InChI=1S/C21H25N5O5S2/c1-24-16(22)15(18(28)25(2)21(24)30)12(27)10-32-20-23-17-14(19(29)26(20)8-9-31-3)11-6-4-5-7-13(11)33-17/h4-10,22H2,1-3H3. The van der Waals surface area contributed by atoms with Crippen LogP contribution in [0.4, 0.5) is 5.82 Å². The lowest BCUT2D eigenvalue weighted by molar-refractivity contribution is 0.102. The molecule has 0 saturated heterocycles. The van der Waals surface area contributed by atoms with Gasteiger partial charge in [0.25, 0.3) is 11.1 Å². The summed E-state index contributed by atoms with van der Waals surface area (Å²) in [5, 5.41) is 1.05. The molecule has 0 atom stereocenters. The summed E-state index contributed by atoms with van der Waals surface area (Å²) >= 11 is 2.61. The number of carbonyl (C=O) groups is 1. The van der Waals surface area contributed by atoms with E-state index in [4.69, 9.17) is 15.5 Å². The monoisotopic (exact) mass is 491 g/mol. The number of thiophene rings is 1. The summed E-state index contributed by atoms with van der Waals surface area (Å²) in [6.45, 7) is 0.609. The van der Waals surface area contributed by atoms with Gasteiger partial charge in [-0.3, -0.25) is 28.1 Å². The number of ether oxygens (including phenoxy) is 1. The van der Waals surface area contributed by atoms with Crippen LogP contribution in [-0.4, -0.2) is 43.9 Å². The summed E-state index contributed by atoms with van der Waals surface area (Å²) in [5.41, 5.74) is 5.27. The van der Waals surface area contributed by atoms with Crippen LogP contribution in [0.2, 0.25) is 0 Å². The Morgan fingerprint density at radius 1 is 1.15 bits per heavy atom. The van der Waals surface area contributed by atoms with Gasteiger partial charge in [-0.1, -0.05) is 11.8 Å². The van der Waals surface area contributed by atoms with Gasteiger partial charge in [0.05, 0.1) is 24.3 Å². The highest BCUT2D eigenvalue weighted by molar-refractivity contribution is 7.99. The number of rotatable bonds is 7. The first-order valence-electron chi connectivity index (χ1n) is 10.5. The maximum Gasteiger partial charge on any atom is 0.332 e. The number of nitrogen functional groups attached to an aromatic ring is 1. The fraction of sp³-hybridized carbons (Fsp3) is 0.476. The highest BCUT2D eigenvalue weighted by Gasteiger charge is 2.24. The number of Topliss-reactive ketones (excluding diaryl/α,β-unsaturated/α-hetero) is 1. The van der Waals surface area contributed by atoms with Crippen molar-refractivity contribution in [3.05, 3.63) is 47.2 Å². The van der Waals surface area contributed by atoms with Crippen molar-refractivity contribution in [2.24, 2.45) is 14.1 Å². The van der Waals surface area contributed by atoms with Gasteiger partial charge >= 0.3 is 5.69 Å². The van der Waals surface area contributed by atoms with E-state index < -0.39 is 17.0 Å². The molecule has 10 nitrogen and oxygen atoms in total. The molecule has 0 unspecified atom stereocenters. The highest BCUT2D eigenvalue weighted by Crippen LogP contribution is 2.34. The second-order valence-corrected chi connectivity index (χ2v) is 9.94. The van der Waals surface area contributed by atoms with Crippen molar-refractivity contribution >= 4 is 44.9 Å². The number of fused-ring (bicyclic) bond motifs is 3. The summed E-state index contributed by atoms with van der Waals surface area (Å²) < 4.78 is 8.62. The third-order valence-corrected chi connectivity index (χ3v) is 8.04. The van der Waals surface area contributed by atoms with E-state index in [1.165, 1.54) is 34.9 Å². The van der Waals surface area contributed by atoms with Gasteiger partial charge in [0.1, 0.15) is 16.2 Å². The first kappa shape index (κ1) is 23.5. The molecule has 4 rings (SSSR count). The number of aryl methyl sites for hydroxylation is 2. The maximum absolute atomic E-state index is 13.4. The second-order valence-electron chi connectivity index (χ2n) is 7.91. The summed E-state index contributed by atoms with van der Waals surface area (Å²) in [5.74, 6) is -0.875. The summed E-state index contributed by atoms with van der Waals surface area (Å²) in [6.07, 6.45) is 3.97. The number of aromatic nitrogens is 4. The minimum Gasteiger partial charge on any atom is -0.384 e. The van der Waals surface area contributed by atoms with Crippen LogP contribution in [0.1, 0.15) is 33.6 Å². The Kier molecular flexibility index (Phi) is 6.59. The van der Waals surface area contributed by atoms with E-state index in [2.05, 4.69) is 0 Å². The predicted octanol–water partition coefficient (Wildman–Crippen LogP) is 0.938. The van der Waals surface area contributed by atoms with E-state index in [0.29, 0.717) is 28.5 Å². The number of carbonyl (C=O) groups excluding carboxylic acids is 1. The lowest BCUT2D eigenvalue weighted by Crippen LogP contribution is -2.41. The van der Waals surface area contributed by atoms with Crippen LogP contribution >= 0.6 is 23.1 Å². The van der Waals surface area contributed by atoms with Crippen LogP contribution in [0.15, 0.2) is 19.5 Å². The van der Waals surface area contributed by atoms with Crippen molar-refractivity contribution < 1.29 is 9.53 Å². The molecule has 3 heterocycles. The number of methoxy groups -OCH3 is 1. The van der Waals surface area contributed by atoms with Crippen LogP contribution in [-0.2, 0) is 38.2 Å². The number of hydrogen-bond donors (Lipinski definition) is 1. The molecule has 0 bridgehead atoms. The highest BCUT2D eigenvalue weighted by atomic mass is 32.2. The number of hydrogen-bond acceptors (Lipinski definition) is 9. The van der Waals surface area contributed by atoms with Crippen LogP contribution in [0.3, 0.4) is 0 Å². The van der Waals surface area contributed by atoms with E-state index in [9.17, 15) is 19.2 Å². The zero-order chi connectivity index (χ0) is 23.9. The lowest BCUT2D eigenvalue weighted by Gasteiger charge is -2.14. The van der Waals surface area contributed by atoms with E-state index in [0.717, 1.165) is 52.1 Å². The van der Waals surface area contributed by atoms with Crippen LogP contribution in [0.25, 0.3) is 10.2 Å². The third-order valence-electron chi connectivity index (χ3n) is 5.88. The largest absolute Gasteiger partial charge is 0.384 e. The van der Waals surface area contributed by atoms with Gasteiger partial charge in [-0.2, -0.15) is 0 Å². The third kappa shape index (κ3) is 4.06. The molecule has 3 aromatic rings. The molecule has 0 aliphatic heterocycles. The van der Waals surface area contributed by atoms with Crippen molar-refractivity contribution in [3.8, 4) is 0 Å². The fourth-order valence-electron chi connectivity index (χ4n) is 4.03. The van der Waals surface area contributed by atoms with Crippen molar-refractivity contribution in [2.75, 3.05) is 25.2 Å². The minimum atomic E-state index is -0.743. The number of ketones is 1. The molecule has 1 aliphatic carbocycles. The molecule has 0 saturated carbocycles. The molecule has 0 spiro atoms. The average molecular weight is 492 g/mol. The van der Waals surface area contributed by atoms with E-state index in [1.807, 2.05) is 0 Å². The number of nitrogens with two attached hydrogens (primary N) is 1. The zero-order valence-electron chi connectivity index (χ0n) is 18.7. The minimum absolute atomic E-state index is 0.135. The van der Waals surface area contributed by atoms with Crippen molar-refractivity contribution in [2.45, 2.75) is 37.4 Å². The summed E-state index contributed by atoms with van der Waals surface area (Å²) in [4.78, 5) is 57.5. The number of nitrogens with zero attached hydrogens (tertiary/aromatic N) is 4. The molecule has 0 amide bonds. The van der Waals surface area contributed by atoms with Crippen molar-refractivity contribution in [3.63, 3.8) is 0 Å². The van der Waals surface area contributed by atoms with E-state index in [-0.39, 0.29) is 22.7 Å². The topological polar surface area (TPSA) is 131 Å². The Morgan fingerprint density at radius 3 is 2.61 bits per heavy atom. The second kappa shape index (κ2) is 9.27. The van der Waals surface area contributed by atoms with E-state index in [1.54, 1.807) is 7.11 Å². The van der Waals surface area contributed by atoms with Gasteiger partial charge in [-0.05, 0) is 31.2 Å². The van der Waals surface area contributed by atoms with Crippen molar-refractivity contribution in [1.29, 1.82) is 0 Å². The maximum atomic E-state index is 13.4. The Balaban J connectivity index is 1.73. The molecule has 176 valence electrons. The molecule has 3 aromatic heterocycles. The predicted molar refractivity (Wildman–Crippen MR) is 129 cm³/mol. The fourth-order valence-corrected chi connectivity index (χ4v) is 6.23. The molecular formula is C21H25N5O5S2. The van der Waals surface area contributed by atoms with Gasteiger partial charge in [-0.25, -0.2) is 9.78 Å². The van der Waals surface area contributed by atoms with Crippen LogP contribution < -0.4 is 22.5 Å². The molecule has 0 radical (unpaired) electrons. The van der Waals surface area contributed by atoms with Gasteiger partial charge < -0.3 is 10.5 Å². The Labute approximate surface area is 197 Å². The Bertz CT molecular complexity index is 1430. The smallest absolute Gasteiger partial charge is 0.332 e. The molecule has 33 heavy (non-hydrogen) atoms. The molecule has 12 heteroatoms. The lowest BCUT2D eigenvalue weighted by atomic mass is 9.97. The summed E-state index contributed by atoms with van der Waals surface area (Å²) in [7, 11) is 4.25. The number of thioether (sulfide) groups is 1. The first-order valence-corrected chi connectivity index (χ1v) is 12.3. The molecular weight excluding hydrogens is 466 g/mol. The molecule has 0 aromatic carbocycles. The van der Waals surface area contributed by atoms with Crippen LogP contribution in [0.5, 0.6) is 0 Å². The van der Waals surface area contributed by atoms with Crippen molar-refractivity contribution in [1.82, 2.24) is 18.7 Å². The van der Waals surface area contributed by atoms with Crippen LogP contribution in [0, 0.1) is 0 Å². The van der Waals surface area contributed by atoms with Gasteiger partial charge in [0.2, 0.25) is 0 Å². The normalized spacial score (nSPS) is 13.4. The van der Waals surface area contributed by atoms with Gasteiger partial charge in [0.15, 0.2) is 10.9 Å². The molecule has 0 fully saturated rings. The quantitative estimate of drug-likeness (QED) is 0.293. The number of anilines is 1. The Morgan fingerprint density at radius 2 is 1.88 bits per heavy atom. The SMILES string of the molecule is COCCn1c(SCC(=O)c2c(N)n(C)c(=O)n(C)c2=O)nc2sc3c(c2c1=O)CCCC3. The first-order chi connectivity index (χ1) is 15.8. The van der Waals surface area contributed by atoms with Gasteiger partial charge in [-0.15, -0.1) is 11.3 Å².